The fourth-order valence-corrected chi connectivity index (χ4v) is 1.84. The molecule has 0 aromatic rings. The van der Waals surface area contributed by atoms with Gasteiger partial charge in [0.15, 0.2) is 0 Å². The highest BCUT2D eigenvalue weighted by Crippen LogP contribution is 2.24. The summed E-state index contributed by atoms with van der Waals surface area (Å²) in [5.41, 5.74) is 0. The predicted molar refractivity (Wildman–Crippen MR) is 49.7 cm³/mol. The molecule has 0 unspecified atom stereocenters. The average molecular weight is 178 g/mol. The van der Waals surface area contributed by atoms with Gasteiger partial charge < -0.3 is 4.90 Å². The lowest BCUT2D eigenvalue weighted by molar-refractivity contribution is -0.126. The van der Waals surface area contributed by atoms with Crippen molar-refractivity contribution in [3.63, 3.8) is 0 Å². The van der Waals surface area contributed by atoms with Gasteiger partial charge >= 0.3 is 0 Å². The first-order valence-corrected chi connectivity index (χ1v) is 4.49. The van der Waals surface area contributed by atoms with Crippen molar-refractivity contribution in [1.29, 1.82) is 5.26 Å². The zero-order valence-electron chi connectivity index (χ0n) is 7.86. The molecular weight excluding hydrogens is 164 g/mol. The Morgan fingerprint density at radius 1 is 1.85 bits per heavy atom. The first-order chi connectivity index (χ1) is 6.19. The molecule has 1 heterocycles. The molecule has 0 aromatic carbocycles. The molecule has 1 amide bonds. The molecule has 1 fully saturated rings. The van der Waals surface area contributed by atoms with Crippen LogP contribution >= 0.6 is 0 Å². The lowest BCUT2D eigenvalue weighted by atomic mass is 10.1. The number of hydrogen-bond acceptors (Lipinski definition) is 2. The van der Waals surface area contributed by atoms with Crippen molar-refractivity contribution in [2.75, 3.05) is 6.54 Å². The Bertz CT molecular complexity index is 254. The molecule has 3 nitrogen and oxygen atoms in total. The van der Waals surface area contributed by atoms with Gasteiger partial charge in [-0.1, -0.05) is 13.5 Å². The summed E-state index contributed by atoms with van der Waals surface area (Å²) in [6.07, 6.45) is 2.69. The van der Waals surface area contributed by atoms with Crippen molar-refractivity contribution in [2.45, 2.75) is 25.8 Å². The molecule has 0 aliphatic carbocycles. The third-order valence-corrected chi connectivity index (χ3v) is 2.41. The van der Waals surface area contributed by atoms with Gasteiger partial charge in [0.2, 0.25) is 5.91 Å². The van der Waals surface area contributed by atoms with E-state index in [1.165, 1.54) is 6.08 Å². The summed E-state index contributed by atoms with van der Waals surface area (Å²) in [6.45, 7) is 6.31. The molecule has 0 N–H and O–H groups in total. The highest BCUT2D eigenvalue weighted by molar-refractivity contribution is 5.87. The van der Waals surface area contributed by atoms with Crippen molar-refractivity contribution in [2.24, 2.45) is 5.92 Å². The van der Waals surface area contributed by atoms with Gasteiger partial charge in [0.1, 0.15) is 0 Å². The molecular formula is C10H14N2O. The van der Waals surface area contributed by atoms with Crippen molar-refractivity contribution in [3.8, 4) is 6.07 Å². The van der Waals surface area contributed by atoms with Crippen LogP contribution in [0, 0.1) is 17.2 Å². The molecule has 13 heavy (non-hydrogen) atoms. The minimum atomic E-state index is -0.0513. The van der Waals surface area contributed by atoms with Gasteiger partial charge in [0, 0.05) is 12.6 Å². The van der Waals surface area contributed by atoms with E-state index in [4.69, 9.17) is 5.26 Å². The SMILES string of the molecule is C=CC(=O)N1C[C@@H](C)C[C@@H]1CC#N. The number of nitrogens with zero attached hydrogens (tertiary/aromatic N) is 2. The minimum Gasteiger partial charge on any atom is -0.335 e. The Balaban J connectivity index is 2.66. The van der Waals surface area contributed by atoms with E-state index in [2.05, 4.69) is 19.6 Å². The fourth-order valence-electron chi connectivity index (χ4n) is 1.84. The molecule has 0 spiro atoms. The van der Waals surface area contributed by atoms with E-state index in [-0.39, 0.29) is 11.9 Å². The second-order valence-electron chi connectivity index (χ2n) is 3.55. The Labute approximate surface area is 78.6 Å². The van der Waals surface area contributed by atoms with Gasteiger partial charge in [-0.2, -0.15) is 5.26 Å². The summed E-state index contributed by atoms with van der Waals surface area (Å²) < 4.78 is 0. The lowest BCUT2D eigenvalue weighted by Crippen LogP contribution is -2.34. The third kappa shape index (κ3) is 2.09. The van der Waals surface area contributed by atoms with Crippen LogP contribution in [0.2, 0.25) is 0 Å². The van der Waals surface area contributed by atoms with Crippen molar-refractivity contribution >= 4 is 5.91 Å². The zero-order chi connectivity index (χ0) is 9.84. The second kappa shape index (κ2) is 4.08. The summed E-state index contributed by atoms with van der Waals surface area (Å²) in [5, 5.41) is 8.57. The highest BCUT2D eigenvalue weighted by atomic mass is 16.2. The summed E-state index contributed by atoms with van der Waals surface area (Å²) in [6, 6.07) is 2.21. The molecule has 3 heteroatoms. The largest absolute Gasteiger partial charge is 0.335 e. The van der Waals surface area contributed by atoms with Gasteiger partial charge in [-0.15, -0.1) is 0 Å². The first-order valence-electron chi connectivity index (χ1n) is 4.49. The molecule has 2 atom stereocenters. The topological polar surface area (TPSA) is 44.1 Å². The van der Waals surface area contributed by atoms with Gasteiger partial charge in [-0.25, -0.2) is 0 Å². The molecule has 1 aliphatic heterocycles. The van der Waals surface area contributed by atoms with Crippen molar-refractivity contribution < 1.29 is 4.79 Å². The van der Waals surface area contributed by atoms with E-state index < -0.39 is 0 Å². The molecule has 1 saturated heterocycles. The molecule has 0 aromatic heterocycles. The Morgan fingerprint density at radius 3 is 3.08 bits per heavy atom. The smallest absolute Gasteiger partial charge is 0.246 e. The number of nitriles is 1. The van der Waals surface area contributed by atoms with Crippen molar-refractivity contribution in [3.05, 3.63) is 12.7 Å². The molecule has 70 valence electrons. The molecule has 0 bridgehead atoms. The number of rotatable bonds is 2. The van der Waals surface area contributed by atoms with Crippen LogP contribution in [0.5, 0.6) is 0 Å². The zero-order valence-corrected chi connectivity index (χ0v) is 7.86. The Hall–Kier alpha value is -1.30. The molecule has 1 aliphatic rings. The van der Waals surface area contributed by atoms with E-state index in [9.17, 15) is 4.79 Å². The summed E-state index contributed by atoms with van der Waals surface area (Å²) in [5.74, 6) is 0.451. The minimum absolute atomic E-state index is 0.0513. The van der Waals surface area contributed by atoms with Crippen LogP contribution in [0.15, 0.2) is 12.7 Å². The molecule has 1 rings (SSSR count). The van der Waals surface area contributed by atoms with E-state index in [0.29, 0.717) is 12.3 Å². The van der Waals surface area contributed by atoms with E-state index in [1.807, 2.05) is 0 Å². The van der Waals surface area contributed by atoms with Crippen LogP contribution < -0.4 is 0 Å². The summed E-state index contributed by atoms with van der Waals surface area (Å²) in [4.78, 5) is 13.1. The number of likely N-dealkylation sites (tertiary alicyclic amines) is 1. The quantitative estimate of drug-likeness (QED) is 0.598. The van der Waals surface area contributed by atoms with Crippen LogP contribution in [0.3, 0.4) is 0 Å². The van der Waals surface area contributed by atoms with E-state index >= 15 is 0 Å². The van der Waals surface area contributed by atoms with Crippen LogP contribution in [0.4, 0.5) is 0 Å². The normalized spacial score (nSPS) is 26.9. The number of hydrogen-bond donors (Lipinski definition) is 0. The van der Waals surface area contributed by atoms with Crippen molar-refractivity contribution in [1.82, 2.24) is 4.90 Å². The number of carbonyl (C=O) groups is 1. The monoisotopic (exact) mass is 178 g/mol. The Kier molecular flexibility index (Phi) is 3.07. The number of carbonyl (C=O) groups excluding carboxylic acids is 1. The summed E-state index contributed by atoms with van der Waals surface area (Å²) >= 11 is 0. The van der Waals surface area contributed by atoms with Crippen LogP contribution in [0.25, 0.3) is 0 Å². The average Bonchev–Trinajstić information content (AvgIpc) is 2.46. The highest BCUT2D eigenvalue weighted by Gasteiger charge is 2.31. The van der Waals surface area contributed by atoms with Crippen LogP contribution in [-0.2, 0) is 4.79 Å². The first kappa shape index (κ1) is 9.79. The fraction of sp³-hybridized carbons (Fsp3) is 0.600. The van der Waals surface area contributed by atoms with E-state index in [0.717, 1.165) is 13.0 Å². The predicted octanol–water partition coefficient (Wildman–Crippen LogP) is 1.32. The van der Waals surface area contributed by atoms with Gasteiger partial charge in [0.25, 0.3) is 0 Å². The molecule has 0 radical (unpaired) electrons. The lowest BCUT2D eigenvalue weighted by Gasteiger charge is -2.20. The number of amides is 1. The standard InChI is InChI=1S/C10H14N2O/c1-3-10(13)12-7-8(2)6-9(12)4-5-11/h3,8-9H,1,4,6-7H2,2H3/t8-,9-/m0/s1. The third-order valence-electron chi connectivity index (χ3n) is 2.41. The maximum Gasteiger partial charge on any atom is 0.246 e. The maximum atomic E-state index is 11.3. The van der Waals surface area contributed by atoms with Crippen LogP contribution in [-0.4, -0.2) is 23.4 Å². The van der Waals surface area contributed by atoms with Crippen LogP contribution in [0.1, 0.15) is 19.8 Å². The summed E-state index contributed by atoms with van der Waals surface area (Å²) in [7, 11) is 0. The Morgan fingerprint density at radius 2 is 2.54 bits per heavy atom. The molecule has 0 saturated carbocycles. The van der Waals surface area contributed by atoms with Gasteiger partial charge in [0.05, 0.1) is 12.5 Å². The second-order valence-corrected chi connectivity index (χ2v) is 3.55. The maximum absolute atomic E-state index is 11.3. The van der Waals surface area contributed by atoms with Gasteiger partial charge in [-0.3, -0.25) is 4.79 Å². The van der Waals surface area contributed by atoms with E-state index in [1.54, 1.807) is 4.90 Å². The van der Waals surface area contributed by atoms with Gasteiger partial charge in [-0.05, 0) is 18.4 Å².